The van der Waals surface area contributed by atoms with Crippen LogP contribution in [0.3, 0.4) is 0 Å². The number of hydrogen-bond acceptors (Lipinski definition) is 22. The maximum atomic E-state index is 11.5. The first-order valence-electron chi connectivity index (χ1n) is 46.7. The van der Waals surface area contributed by atoms with Crippen LogP contribution in [0.5, 0.6) is 51.9 Å². The summed E-state index contributed by atoms with van der Waals surface area (Å²) in [7, 11) is 3.28. The molecule has 0 N–H and O–H groups in total. The summed E-state index contributed by atoms with van der Waals surface area (Å²) in [6.45, 7) is 36.1. The van der Waals surface area contributed by atoms with E-state index in [0.717, 1.165) is 79.6 Å². The van der Waals surface area contributed by atoms with E-state index in [0.29, 0.717) is 153 Å². The minimum atomic E-state index is -0.0996. The molecular formula is C115H109Cl2N13O16. The maximum Gasteiger partial charge on any atom is 0.246 e. The van der Waals surface area contributed by atoms with E-state index in [1.807, 2.05) is 153 Å². The van der Waals surface area contributed by atoms with Gasteiger partial charge in [-0.15, -0.1) is 5.10 Å². The molecule has 0 unspecified atom stereocenters. The molecule has 7 saturated heterocycles. The molecule has 10 aromatic carbocycles. The summed E-state index contributed by atoms with van der Waals surface area (Å²) in [5.41, 5.74) is 11.8. The number of rotatable bonds is 28. The van der Waals surface area contributed by atoms with E-state index in [1.54, 1.807) is 127 Å². The number of para-hydroxylation sites is 2. The molecule has 8 heterocycles. The summed E-state index contributed by atoms with van der Waals surface area (Å²) in [5.74, 6) is 5.66. The van der Waals surface area contributed by atoms with Crippen molar-refractivity contribution >= 4 is 64.6 Å². The number of halogens is 2. The molecule has 29 nitrogen and oxygen atoms in total. The molecule has 7 fully saturated rings. The zero-order valence-electron chi connectivity index (χ0n) is 81.3. The number of ether oxygens (including phenoxy) is 9. The number of benzene rings is 10. The van der Waals surface area contributed by atoms with Crippen LogP contribution in [0.4, 0.5) is 0 Å². The molecule has 744 valence electrons. The fraction of sp³-hybridized carbons (Fsp3) is 0.226. The van der Waals surface area contributed by atoms with Gasteiger partial charge in [0, 0.05) is 32.8 Å². The van der Waals surface area contributed by atoms with Gasteiger partial charge in [0.1, 0.15) is 88.7 Å². The van der Waals surface area contributed by atoms with Crippen molar-refractivity contribution in [2.24, 2.45) is 0 Å². The molecule has 0 spiro atoms. The van der Waals surface area contributed by atoms with Crippen LogP contribution in [0.15, 0.2) is 325 Å². The lowest BCUT2D eigenvalue weighted by molar-refractivity contribution is -0.135. The molecule has 1 aromatic heterocycles. The second-order valence-electron chi connectivity index (χ2n) is 33.9. The fourth-order valence-electron chi connectivity index (χ4n) is 15.6. The maximum absolute atomic E-state index is 11.5. The average Bonchev–Trinajstić information content (AvgIpc) is 0.804. The number of nitrogens with zero attached hydrogens (tertiary/aromatic N) is 13. The number of hydrogen-bond donors (Lipinski definition) is 0. The molecule has 146 heavy (non-hydrogen) atoms. The number of methoxy groups -OCH3 is 2. The van der Waals surface area contributed by atoms with Crippen LogP contribution in [0.2, 0.25) is 10.0 Å². The number of carbonyl (C=O) groups is 7. The van der Waals surface area contributed by atoms with Gasteiger partial charge in [-0.25, -0.2) is 0 Å². The highest BCUT2D eigenvalue weighted by Gasteiger charge is 2.37. The van der Waals surface area contributed by atoms with Crippen molar-refractivity contribution in [3.63, 3.8) is 0 Å². The third kappa shape index (κ3) is 29.8. The molecule has 0 saturated carbocycles. The monoisotopic (exact) mass is 2000 g/mol. The number of amides is 7. The topological polar surface area (TPSA) is 346 Å². The van der Waals surface area contributed by atoms with Gasteiger partial charge in [0.25, 0.3) is 0 Å². The molecule has 31 heteroatoms. The molecule has 0 radical (unpaired) electrons. The summed E-state index contributed by atoms with van der Waals surface area (Å²) in [5, 5.41) is 45.7. The summed E-state index contributed by atoms with van der Waals surface area (Å²) >= 11 is 12.0. The predicted octanol–water partition coefficient (Wildman–Crippen LogP) is 17.4. The molecule has 18 rings (SSSR count). The van der Waals surface area contributed by atoms with Gasteiger partial charge in [-0.3, -0.25) is 33.6 Å². The van der Waals surface area contributed by atoms with E-state index in [-0.39, 0.29) is 84.1 Å². The van der Waals surface area contributed by atoms with Gasteiger partial charge >= 0.3 is 0 Å². The quantitative estimate of drug-likeness (QED) is 0.0411. The number of likely N-dealkylation sites (tertiary alicyclic amines) is 7. The van der Waals surface area contributed by atoms with Gasteiger partial charge in [-0.2, -0.15) is 26.1 Å². The van der Waals surface area contributed by atoms with Crippen LogP contribution in [0.25, 0.3) is 44.5 Å². The van der Waals surface area contributed by atoms with Crippen molar-refractivity contribution in [1.29, 1.82) is 21.0 Å². The van der Waals surface area contributed by atoms with Gasteiger partial charge in [0.15, 0.2) is 0 Å². The fourth-order valence-corrected chi connectivity index (χ4v) is 16.0. The smallest absolute Gasteiger partial charge is 0.246 e. The Labute approximate surface area is 859 Å². The zero-order chi connectivity index (χ0) is 104. The molecule has 11 aromatic rings. The van der Waals surface area contributed by atoms with Crippen molar-refractivity contribution in [3.05, 3.63) is 369 Å². The summed E-state index contributed by atoms with van der Waals surface area (Å²) in [6.07, 6.45) is 10.00. The lowest BCUT2D eigenvalue weighted by atomic mass is 9.96. The minimum absolute atomic E-state index is 0.00726. The standard InChI is InChI=1S/C21H20N2O2.C20H18N2O3.C19H15ClN2O2.C19H19NO3.C13H12N2O2.C12H12ClNO2.C11H13N3O2/c1-3-16-7-5-6-8-20(16)17-9-15(12-22)10-18(11-17)25-19-13-23(14-19)21(24)4-2;1-3-20(23)22-12-17(13-22)25-16-9-14(11-21)8-15(10-16)18-6-4-5-7-19(18)24-2;1-2-19(23)22-11-16(12-22)24-15-8-13(10-21)7-14(9-15)17-5-3-4-6-18(17)20;1-3-19(21)20-12-16(13-20)23-15-8-6-7-14(11-15)17-9-4-5-10-18(17)22-2;1-2-13(16)15-8-12(9-15)17-11-5-3-4-10(6-11)7-14;1-2-12(15)14-7-11(8-14)16-10-5-3-9(13)4-6-10;1-3-11(15)14-6-9(7-14)16-10-5-4-8(2)12-13-10/h4-11,19H,2-3,13-14H2,1H3;3-10,17H,1,12-13H2,2H3;2-9,16H,1,11-12H2;3-11,16H,1,12-13H2,2H3;2-6,12H,1,8-9H2;2-6,11H,1,7-8H2;3-5,9H,1,6-7H2,2H3. The highest BCUT2D eigenvalue weighted by Crippen LogP contribution is 2.39. The van der Waals surface area contributed by atoms with Crippen molar-refractivity contribution in [3.8, 4) is 121 Å². The lowest BCUT2D eigenvalue weighted by Crippen LogP contribution is -2.55. The molecular weight excluding hydrogens is 1890 g/mol. The van der Waals surface area contributed by atoms with Crippen LogP contribution >= 0.6 is 23.2 Å². The summed E-state index contributed by atoms with van der Waals surface area (Å²) in [4.78, 5) is 91.2. The lowest BCUT2D eigenvalue weighted by Gasteiger charge is -2.38. The highest BCUT2D eigenvalue weighted by molar-refractivity contribution is 6.33. The van der Waals surface area contributed by atoms with Gasteiger partial charge < -0.3 is 76.9 Å². The highest BCUT2D eigenvalue weighted by atomic mass is 35.5. The van der Waals surface area contributed by atoms with Crippen molar-refractivity contribution < 1.29 is 76.2 Å². The number of aromatic nitrogens is 2. The van der Waals surface area contributed by atoms with E-state index >= 15 is 0 Å². The number of carbonyl (C=O) groups excluding carboxylic acids is 7. The Kier molecular flexibility index (Phi) is 38.8. The Hall–Kier alpha value is -17.5. The number of nitriles is 4. The Morgan fingerprint density at radius 1 is 0.315 bits per heavy atom. The van der Waals surface area contributed by atoms with Crippen LogP contribution in [-0.2, 0) is 40.0 Å². The van der Waals surface area contributed by atoms with Gasteiger partial charge in [-0.05, 0) is 223 Å². The number of aryl methyl sites for hydroxylation is 2. The van der Waals surface area contributed by atoms with E-state index in [1.165, 1.54) is 48.1 Å². The second kappa shape index (κ2) is 52.8. The van der Waals surface area contributed by atoms with Crippen LogP contribution in [0.1, 0.15) is 40.4 Å². The van der Waals surface area contributed by atoms with Crippen molar-refractivity contribution in [2.45, 2.75) is 63.0 Å². The van der Waals surface area contributed by atoms with Crippen LogP contribution < -0.4 is 42.6 Å². The Morgan fingerprint density at radius 2 is 0.616 bits per heavy atom. The second-order valence-corrected chi connectivity index (χ2v) is 34.8. The van der Waals surface area contributed by atoms with Crippen LogP contribution in [0, 0.1) is 52.2 Å². The Morgan fingerprint density at radius 3 is 0.973 bits per heavy atom. The normalized spacial score (nSPS) is 14.2. The Balaban J connectivity index is 0.000000153. The van der Waals surface area contributed by atoms with Gasteiger partial charge in [-0.1, -0.05) is 173 Å². The first kappa shape index (κ1) is 107. The minimum Gasteiger partial charge on any atom is -0.496 e. The predicted molar refractivity (Wildman–Crippen MR) is 557 cm³/mol. The molecule has 7 aliphatic rings. The first-order valence-corrected chi connectivity index (χ1v) is 47.4. The van der Waals surface area contributed by atoms with Gasteiger partial charge in [0.05, 0.1) is 158 Å². The molecule has 7 amide bonds. The first-order chi connectivity index (χ1) is 70.7. The SMILES string of the molecule is C=CC(=O)N1CC(Oc2cc(C#N)cc(-c3ccccc3CC)c2)C1.C=CC(=O)N1CC(Oc2cc(C#N)cc(-c3ccccc3Cl)c2)C1.C=CC(=O)N1CC(Oc2cc(C#N)cc(-c3ccccc3OC)c2)C1.C=CC(=O)N1CC(Oc2ccc(C)nn2)C1.C=CC(=O)N1CC(Oc2ccc(Cl)cc2)C1.C=CC(=O)N1CC(Oc2cccc(-c3ccccc3OC)c2)C1.C=CC(=O)N1CC(Oc2cccc(C#N)c2)C1. The largest absolute Gasteiger partial charge is 0.496 e. The summed E-state index contributed by atoms with van der Waals surface area (Å²) in [6, 6.07) is 81.8. The van der Waals surface area contributed by atoms with E-state index < -0.39 is 0 Å². The van der Waals surface area contributed by atoms with E-state index in [2.05, 4.69) is 99.6 Å². The van der Waals surface area contributed by atoms with E-state index in [4.69, 9.17) is 71.1 Å². The summed E-state index contributed by atoms with van der Waals surface area (Å²) < 4.78 is 51.4. The molecule has 0 aliphatic carbocycles. The van der Waals surface area contributed by atoms with Crippen molar-refractivity contribution in [1.82, 2.24) is 44.5 Å². The van der Waals surface area contributed by atoms with E-state index in [9.17, 15) is 49.3 Å². The molecule has 0 atom stereocenters. The van der Waals surface area contributed by atoms with Crippen LogP contribution in [-0.4, -0.2) is 234 Å². The average molecular weight is 2000 g/mol. The third-order valence-corrected chi connectivity index (χ3v) is 24.2. The molecule has 0 bridgehead atoms. The Bertz CT molecular complexity index is 6530. The van der Waals surface area contributed by atoms with Crippen molar-refractivity contribution in [2.75, 3.05) is 106 Å². The van der Waals surface area contributed by atoms with Gasteiger partial charge in [0.2, 0.25) is 47.2 Å². The molecule has 7 aliphatic heterocycles. The third-order valence-electron chi connectivity index (χ3n) is 23.7. The zero-order valence-corrected chi connectivity index (χ0v) is 82.8.